The van der Waals surface area contributed by atoms with Gasteiger partial charge in [-0.1, -0.05) is 0 Å². The van der Waals surface area contributed by atoms with E-state index in [-0.39, 0.29) is 18.2 Å². The summed E-state index contributed by atoms with van der Waals surface area (Å²) < 4.78 is 1.76. The number of likely N-dealkylation sites (tertiary alicyclic amines) is 1. The molecule has 2 amide bonds. The van der Waals surface area contributed by atoms with Gasteiger partial charge in [0.05, 0.1) is 6.42 Å². The van der Waals surface area contributed by atoms with Crippen LogP contribution in [0, 0.1) is 6.92 Å². The fraction of sp³-hybridized carbons (Fsp3) is 0.429. The van der Waals surface area contributed by atoms with E-state index < -0.39 is 6.04 Å². The number of hydrogen-bond acceptors (Lipinski definition) is 4. The SMILES string of the molecule is Cc1cnc2c(c1)nc(CCCl)n2C1CC(=O)N(C)C1=O. The summed E-state index contributed by atoms with van der Waals surface area (Å²) in [5.41, 5.74) is 2.35. The van der Waals surface area contributed by atoms with Gasteiger partial charge in [-0.3, -0.25) is 19.1 Å². The predicted octanol–water partition coefficient (Wildman–Crippen LogP) is 1.45. The lowest BCUT2D eigenvalue weighted by Gasteiger charge is -2.14. The molecule has 7 heteroatoms. The Morgan fingerprint density at radius 2 is 2.19 bits per heavy atom. The minimum atomic E-state index is -0.569. The summed E-state index contributed by atoms with van der Waals surface area (Å²) in [5.74, 6) is 0.681. The van der Waals surface area contributed by atoms with Crippen molar-refractivity contribution < 1.29 is 9.59 Å². The maximum atomic E-state index is 12.3. The number of imidazole rings is 1. The molecule has 0 spiro atoms. The van der Waals surface area contributed by atoms with Crippen LogP contribution in [0.15, 0.2) is 12.3 Å². The summed E-state index contributed by atoms with van der Waals surface area (Å²) in [5, 5.41) is 0. The lowest BCUT2D eigenvalue weighted by atomic mass is 10.2. The van der Waals surface area contributed by atoms with E-state index in [1.54, 1.807) is 10.8 Å². The summed E-state index contributed by atoms with van der Waals surface area (Å²) in [6.07, 6.45) is 2.40. The first-order valence-corrected chi connectivity index (χ1v) is 7.26. The van der Waals surface area contributed by atoms with Gasteiger partial charge in [-0.15, -0.1) is 11.6 Å². The highest BCUT2D eigenvalue weighted by molar-refractivity contribution is 6.18. The van der Waals surface area contributed by atoms with Gasteiger partial charge in [-0.25, -0.2) is 9.97 Å². The zero-order chi connectivity index (χ0) is 15.1. The molecule has 0 bridgehead atoms. The number of fused-ring (bicyclic) bond motifs is 1. The van der Waals surface area contributed by atoms with Crippen LogP contribution in [0.1, 0.15) is 23.9 Å². The van der Waals surface area contributed by atoms with Crippen molar-refractivity contribution in [1.82, 2.24) is 19.4 Å². The Morgan fingerprint density at radius 1 is 1.43 bits per heavy atom. The normalized spacial score (nSPS) is 19.0. The van der Waals surface area contributed by atoms with Crippen LogP contribution in [0.5, 0.6) is 0 Å². The smallest absolute Gasteiger partial charge is 0.252 e. The maximum Gasteiger partial charge on any atom is 0.252 e. The number of hydrogen-bond donors (Lipinski definition) is 0. The van der Waals surface area contributed by atoms with Crippen LogP contribution >= 0.6 is 11.6 Å². The number of carbonyl (C=O) groups is 2. The number of aromatic nitrogens is 3. The summed E-state index contributed by atoms with van der Waals surface area (Å²) in [6.45, 7) is 1.94. The van der Waals surface area contributed by atoms with Crippen LogP contribution in [0.4, 0.5) is 0 Å². The number of imide groups is 1. The van der Waals surface area contributed by atoms with Crippen molar-refractivity contribution in [1.29, 1.82) is 0 Å². The molecule has 2 aromatic rings. The second-order valence-corrected chi connectivity index (χ2v) is 5.58. The van der Waals surface area contributed by atoms with E-state index >= 15 is 0 Å². The monoisotopic (exact) mass is 306 g/mol. The topological polar surface area (TPSA) is 68.1 Å². The summed E-state index contributed by atoms with van der Waals surface area (Å²) in [6, 6.07) is 1.35. The number of rotatable bonds is 3. The molecule has 0 aromatic carbocycles. The quantitative estimate of drug-likeness (QED) is 0.636. The van der Waals surface area contributed by atoms with Gasteiger partial charge in [0.25, 0.3) is 5.91 Å². The molecule has 1 aliphatic heterocycles. The highest BCUT2D eigenvalue weighted by Gasteiger charge is 2.39. The summed E-state index contributed by atoms with van der Waals surface area (Å²) >= 11 is 5.83. The van der Waals surface area contributed by atoms with Crippen molar-refractivity contribution in [3.8, 4) is 0 Å². The van der Waals surface area contributed by atoms with E-state index in [0.29, 0.717) is 23.8 Å². The standard InChI is InChI=1S/C14H15ClN4O2/c1-8-5-9-13(16-7-8)19(11(17-9)3-4-15)10-6-12(20)18(2)14(10)21/h5,7,10H,3-4,6H2,1-2H3. The van der Waals surface area contributed by atoms with E-state index in [1.165, 1.54) is 7.05 Å². The molecular formula is C14H15ClN4O2. The number of amides is 2. The van der Waals surface area contributed by atoms with E-state index in [0.717, 1.165) is 16.0 Å². The lowest BCUT2D eigenvalue weighted by Crippen LogP contribution is -2.27. The molecule has 1 atom stereocenters. The number of alkyl halides is 1. The maximum absolute atomic E-state index is 12.3. The number of nitrogens with zero attached hydrogens (tertiary/aromatic N) is 4. The van der Waals surface area contributed by atoms with E-state index in [4.69, 9.17) is 11.6 Å². The largest absolute Gasteiger partial charge is 0.299 e. The minimum Gasteiger partial charge on any atom is -0.299 e. The van der Waals surface area contributed by atoms with Gasteiger partial charge in [0.15, 0.2) is 5.65 Å². The number of likely N-dealkylation sites (N-methyl/N-ethyl adjacent to an activating group) is 1. The average Bonchev–Trinajstić information content (AvgIpc) is 2.91. The molecule has 1 saturated heterocycles. The van der Waals surface area contributed by atoms with Crippen molar-refractivity contribution in [2.45, 2.75) is 25.8 Å². The van der Waals surface area contributed by atoms with Gasteiger partial charge in [0.2, 0.25) is 5.91 Å². The zero-order valence-electron chi connectivity index (χ0n) is 11.8. The van der Waals surface area contributed by atoms with Crippen molar-refractivity contribution in [3.05, 3.63) is 23.7 Å². The van der Waals surface area contributed by atoms with Crippen LogP contribution in [-0.4, -0.2) is 44.2 Å². The first-order valence-electron chi connectivity index (χ1n) is 6.72. The van der Waals surface area contributed by atoms with Crippen LogP contribution in [-0.2, 0) is 16.0 Å². The molecule has 3 heterocycles. The fourth-order valence-corrected chi connectivity index (χ4v) is 2.82. The highest BCUT2D eigenvalue weighted by atomic mass is 35.5. The number of halogens is 1. The van der Waals surface area contributed by atoms with Gasteiger partial charge in [0.1, 0.15) is 17.4 Å². The molecule has 1 aliphatic rings. The molecule has 0 aliphatic carbocycles. The van der Waals surface area contributed by atoms with Crippen LogP contribution in [0.25, 0.3) is 11.2 Å². The number of pyridine rings is 1. The van der Waals surface area contributed by atoms with Gasteiger partial charge in [-0.05, 0) is 18.6 Å². The van der Waals surface area contributed by atoms with Crippen LogP contribution in [0.2, 0.25) is 0 Å². The fourth-order valence-electron chi connectivity index (χ4n) is 2.66. The van der Waals surface area contributed by atoms with E-state index in [2.05, 4.69) is 9.97 Å². The zero-order valence-corrected chi connectivity index (χ0v) is 12.6. The third kappa shape index (κ3) is 2.19. The third-order valence-electron chi connectivity index (χ3n) is 3.73. The Kier molecular flexibility index (Phi) is 3.41. The predicted molar refractivity (Wildman–Crippen MR) is 78.1 cm³/mol. The molecule has 2 aromatic heterocycles. The van der Waals surface area contributed by atoms with E-state index in [9.17, 15) is 9.59 Å². The van der Waals surface area contributed by atoms with Crippen molar-refractivity contribution in [3.63, 3.8) is 0 Å². The van der Waals surface area contributed by atoms with Crippen LogP contribution < -0.4 is 0 Å². The molecule has 6 nitrogen and oxygen atoms in total. The van der Waals surface area contributed by atoms with Crippen molar-refractivity contribution >= 4 is 34.6 Å². The Balaban J connectivity index is 2.18. The molecule has 21 heavy (non-hydrogen) atoms. The first kappa shape index (κ1) is 14.0. The summed E-state index contributed by atoms with van der Waals surface area (Å²) in [7, 11) is 1.50. The van der Waals surface area contributed by atoms with Gasteiger partial charge in [-0.2, -0.15) is 0 Å². The average molecular weight is 307 g/mol. The molecule has 0 radical (unpaired) electrons. The van der Waals surface area contributed by atoms with Gasteiger partial charge in [0, 0.05) is 25.5 Å². The van der Waals surface area contributed by atoms with Crippen LogP contribution in [0.3, 0.4) is 0 Å². The second-order valence-electron chi connectivity index (χ2n) is 5.20. The van der Waals surface area contributed by atoms with Gasteiger partial charge >= 0.3 is 0 Å². The molecule has 3 rings (SSSR count). The van der Waals surface area contributed by atoms with E-state index in [1.807, 2.05) is 13.0 Å². The van der Waals surface area contributed by atoms with Gasteiger partial charge < -0.3 is 0 Å². The molecular weight excluding hydrogens is 292 g/mol. The summed E-state index contributed by atoms with van der Waals surface area (Å²) in [4.78, 5) is 34.1. The Hall–Kier alpha value is -1.95. The van der Waals surface area contributed by atoms with Crippen molar-refractivity contribution in [2.75, 3.05) is 12.9 Å². The Morgan fingerprint density at radius 3 is 2.81 bits per heavy atom. The third-order valence-corrected chi connectivity index (χ3v) is 3.92. The molecule has 0 N–H and O–H groups in total. The van der Waals surface area contributed by atoms with Crippen molar-refractivity contribution in [2.24, 2.45) is 0 Å². The molecule has 1 unspecified atom stereocenters. The molecule has 0 saturated carbocycles. The second kappa shape index (κ2) is 5.11. The molecule has 110 valence electrons. The number of carbonyl (C=O) groups excluding carboxylic acids is 2. The Labute approximate surface area is 126 Å². The highest BCUT2D eigenvalue weighted by Crippen LogP contribution is 2.29. The number of aryl methyl sites for hydroxylation is 2. The lowest BCUT2D eigenvalue weighted by molar-refractivity contribution is -0.137. The minimum absolute atomic E-state index is 0.144. The Bertz CT molecular complexity index is 740. The molecule has 1 fully saturated rings. The first-order chi connectivity index (χ1) is 10.0.